The maximum atomic E-state index is 13.0. The highest BCUT2D eigenvalue weighted by Gasteiger charge is 2.35. The van der Waals surface area contributed by atoms with Gasteiger partial charge in [0.25, 0.3) is 10.0 Å². The van der Waals surface area contributed by atoms with Crippen LogP contribution in [0.3, 0.4) is 0 Å². The molecule has 0 amide bonds. The molecule has 0 spiro atoms. The van der Waals surface area contributed by atoms with Crippen molar-refractivity contribution < 1.29 is 26.7 Å². The van der Waals surface area contributed by atoms with Crippen LogP contribution in [0.5, 0.6) is 11.5 Å². The summed E-state index contributed by atoms with van der Waals surface area (Å²) in [6.45, 7) is 3.06. The molecule has 0 saturated carbocycles. The zero-order chi connectivity index (χ0) is 19.0. The Hall–Kier alpha value is -2.26. The van der Waals surface area contributed by atoms with Crippen molar-refractivity contribution in [2.75, 3.05) is 17.1 Å². The van der Waals surface area contributed by atoms with Crippen LogP contribution in [0.25, 0.3) is 0 Å². The highest BCUT2D eigenvalue weighted by atomic mass is 32.3. The van der Waals surface area contributed by atoms with E-state index < -0.39 is 20.0 Å². The molecule has 0 bridgehead atoms. The van der Waals surface area contributed by atoms with Crippen molar-refractivity contribution in [1.29, 1.82) is 0 Å². The van der Waals surface area contributed by atoms with E-state index in [2.05, 4.69) is 0 Å². The summed E-state index contributed by atoms with van der Waals surface area (Å²) in [4.78, 5) is -0.189. The Morgan fingerprint density at radius 2 is 1.44 bits per heavy atom. The fourth-order valence-corrected chi connectivity index (χ4v) is 6.03. The average molecular weight is 385 g/mol. The highest BCUT2D eigenvalue weighted by molar-refractivity contribution is 8.10. The smallest absolute Gasteiger partial charge is 0.277 e. The number of nitrogens with zero attached hydrogens (tertiary/aromatic N) is 1. The Labute approximate surface area is 147 Å². The Morgan fingerprint density at radius 3 is 1.84 bits per heavy atom. The van der Waals surface area contributed by atoms with E-state index in [1.54, 1.807) is 0 Å². The van der Waals surface area contributed by atoms with Gasteiger partial charge < -0.3 is 9.84 Å². The number of ether oxygens (including phenoxy) is 1. The fraction of sp³-hybridized carbons (Fsp3) is 0.250. The maximum absolute atomic E-state index is 13.0. The van der Waals surface area contributed by atoms with Gasteiger partial charge in [0, 0.05) is 0 Å². The number of anilines is 1. The van der Waals surface area contributed by atoms with Gasteiger partial charge in [-0.15, -0.1) is 0 Å². The first-order valence-electron chi connectivity index (χ1n) is 7.18. The number of hydrogen-bond acceptors (Lipinski definition) is 6. The minimum atomic E-state index is -4.39. The van der Waals surface area contributed by atoms with Gasteiger partial charge in [-0.25, -0.2) is 16.8 Å². The lowest BCUT2D eigenvalue weighted by Gasteiger charge is -2.25. The summed E-state index contributed by atoms with van der Waals surface area (Å²) in [5.74, 6) is 0.371. The zero-order valence-corrected chi connectivity index (χ0v) is 15.8. The summed E-state index contributed by atoms with van der Waals surface area (Å²) in [5, 5.41) is 9.65. The van der Waals surface area contributed by atoms with Crippen molar-refractivity contribution in [2.24, 2.45) is 0 Å². The molecule has 0 saturated heterocycles. The third kappa shape index (κ3) is 3.72. The van der Waals surface area contributed by atoms with Crippen molar-refractivity contribution in [3.05, 3.63) is 47.5 Å². The van der Waals surface area contributed by atoms with Gasteiger partial charge in [-0.3, -0.25) is 0 Å². The number of phenolic OH excluding ortho intramolecular Hbond substituents is 1. The van der Waals surface area contributed by atoms with E-state index in [9.17, 15) is 21.9 Å². The van der Waals surface area contributed by atoms with Crippen LogP contribution >= 0.6 is 0 Å². The van der Waals surface area contributed by atoms with Gasteiger partial charge in [-0.05, 0) is 61.4 Å². The number of phenols is 1. The van der Waals surface area contributed by atoms with Gasteiger partial charge in [-0.1, -0.05) is 0 Å². The number of benzene rings is 2. The lowest BCUT2D eigenvalue weighted by molar-refractivity contribution is 0.414. The first kappa shape index (κ1) is 19.1. The standard InChI is InChI=1S/C16H19NO6S2/c1-11-9-13(18)10-12(2)16(11)17(24(4,19)20)25(21,22)15-7-5-14(23-3)6-8-15/h5-10,18H,1-4H3. The van der Waals surface area contributed by atoms with Crippen molar-refractivity contribution in [1.82, 2.24) is 0 Å². The van der Waals surface area contributed by atoms with E-state index in [0.717, 1.165) is 6.26 Å². The zero-order valence-electron chi connectivity index (χ0n) is 14.2. The Bertz CT molecular complexity index is 972. The molecule has 9 heteroatoms. The summed E-state index contributed by atoms with van der Waals surface area (Å²) in [7, 11) is -7.11. The van der Waals surface area contributed by atoms with Crippen LogP contribution in [0.4, 0.5) is 5.69 Å². The van der Waals surface area contributed by atoms with Gasteiger partial charge in [0.2, 0.25) is 10.0 Å². The molecule has 0 heterocycles. The van der Waals surface area contributed by atoms with Crippen LogP contribution in [-0.2, 0) is 20.0 Å². The average Bonchev–Trinajstić information content (AvgIpc) is 2.49. The Balaban J connectivity index is 2.74. The van der Waals surface area contributed by atoms with E-state index in [1.165, 1.54) is 57.4 Å². The summed E-state index contributed by atoms with van der Waals surface area (Å²) in [6, 6.07) is 8.04. The lowest BCUT2D eigenvalue weighted by Crippen LogP contribution is -2.37. The molecule has 0 aliphatic heterocycles. The van der Waals surface area contributed by atoms with Crippen molar-refractivity contribution in [2.45, 2.75) is 18.7 Å². The van der Waals surface area contributed by atoms with Crippen LogP contribution in [0, 0.1) is 13.8 Å². The minimum Gasteiger partial charge on any atom is -0.508 e. The monoisotopic (exact) mass is 385 g/mol. The van der Waals surface area contributed by atoms with Gasteiger partial charge in [0.1, 0.15) is 11.5 Å². The fourth-order valence-electron chi connectivity index (χ4n) is 2.53. The molecule has 0 fully saturated rings. The summed E-state index contributed by atoms with van der Waals surface area (Å²) >= 11 is 0. The Kier molecular flexibility index (Phi) is 5.01. The van der Waals surface area contributed by atoms with Gasteiger partial charge in [-0.2, -0.15) is 3.71 Å². The van der Waals surface area contributed by atoms with Gasteiger partial charge in [0.15, 0.2) is 0 Å². The predicted molar refractivity (Wildman–Crippen MR) is 95.1 cm³/mol. The van der Waals surface area contributed by atoms with E-state index in [4.69, 9.17) is 4.74 Å². The number of aryl methyl sites for hydroxylation is 2. The highest BCUT2D eigenvalue weighted by Crippen LogP contribution is 2.35. The summed E-state index contributed by atoms with van der Waals surface area (Å²) in [5.41, 5.74) is 0.635. The van der Waals surface area contributed by atoms with Crippen LogP contribution in [0.2, 0.25) is 0 Å². The molecular weight excluding hydrogens is 366 g/mol. The number of sulfonamides is 2. The molecule has 0 radical (unpaired) electrons. The molecule has 0 atom stereocenters. The van der Waals surface area contributed by atoms with Crippen LogP contribution < -0.4 is 8.45 Å². The molecular formula is C16H19NO6S2. The number of aromatic hydroxyl groups is 1. The van der Waals surface area contributed by atoms with Gasteiger partial charge >= 0.3 is 0 Å². The van der Waals surface area contributed by atoms with E-state index in [0.29, 0.717) is 20.6 Å². The number of rotatable bonds is 5. The number of hydrogen-bond donors (Lipinski definition) is 1. The lowest BCUT2D eigenvalue weighted by atomic mass is 10.1. The number of methoxy groups -OCH3 is 1. The molecule has 2 aromatic rings. The molecule has 1 N–H and O–H groups in total. The molecule has 136 valence electrons. The molecule has 2 aromatic carbocycles. The second kappa shape index (κ2) is 6.57. The predicted octanol–water partition coefficient (Wildman–Crippen LogP) is 2.17. The first-order chi connectivity index (χ1) is 11.5. The molecule has 7 nitrogen and oxygen atoms in total. The quantitative estimate of drug-likeness (QED) is 0.846. The van der Waals surface area contributed by atoms with Crippen LogP contribution in [0.1, 0.15) is 11.1 Å². The molecule has 25 heavy (non-hydrogen) atoms. The maximum Gasteiger partial charge on any atom is 0.277 e. The largest absolute Gasteiger partial charge is 0.508 e. The molecule has 0 aliphatic rings. The van der Waals surface area contributed by atoms with E-state index in [-0.39, 0.29) is 16.3 Å². The topological polar surface area (TPSA) is 101 Å². The van der Waals surface area contributed by atoms with E-state index in [1.807, 2.05) is 0 Å². The third-order valence-electron chi connectivity index (χ3n) is 3.54. The normalized spacial score (nSPS) is 12.0. The van der Waals surface area contributed by atoms with Crippen LogP contribution in [0.15, 0.2) is 41.3 Å². The molecule has 0 aliphatic carbocycles. The summed E-state index contributed by atoms with van der Waals surface area (Å²) < 4.78 is 56.1. The van der Waals surface area contributed by atoms with Crippen molar-refractivity contribution in [3.8, 4) is 11.5 Å². The first-order valence-corrected chi connectivity index (χ1v) is 10.5. The van der Waals surface area contributed by atoms with Crippen LogP contribution in [-0.4, -0.2) is 35.3 Å². The summed E-state index contributed by atoms with van der Waals surface area (Å²) in [6.07, 6.45) is 0.819. The second-order valence-electron chi connectivity index (χ2n) is 5.57. The van der Waals surface area contributed by atoms with Crippen molar-refractivity contribution >= 4 is 25.7 Å². The van der Waals surface area contributed by atoms with Crippen molar-refractivity contribution in [3.63, 3.8) is 0 Å². The second-order valence-corrected chi connectivity index (χ2v) is 9.42. The Morgan fingerprint density at radius 1 is 0.960 bits per heavy atom. The molecule has 2 rings (SSSR count). The van der Waals surface area contributed by atoms with E-state index >= 15 is 0 Å². The minimum absolute atomic E-state index is 0.00359. The molecule has 0 unspecified atom stereocenters. The third-order valence-corrected chi connectivity index (χ3v) is 7.21. The molecule has 0 aromatic heterocycles. The SMILES string of the molecule is COc1ccc(S(=O)(=O)N(c2c(C)cc(O)cc2C)S(C)(=O)=O)cc1. The van der Waals surface area contributed by atoms with Gasteiger partial charge in [0.05, 0.1) is 23.9 Å².